The highest BCUT2D eigenvalue weighted by atomic mass is 79.9. The standard InChI is InChI=1S/C17H18BrF2N/c1-11-2-4-12(5-3-11)6-7-13(21)10-14-16(19)9-8-15(18)17(14)20/h2-5,8-9,13H,6-7,10,21H2,1H3. The molecular formula is C17H18BrF2N. The summed E-state index contributed by atoms with van der Waals surface area (Å²) in [5.41, 5.74) is 8.47. The molecule has 2 rings (SSSR count). The fourth-order valence-corrected chi connectivity index (χ4v) is 2.60. The maximum atomic E-state index is 13.9. The molecular weight excluding hydrogens is 336 g/mol. The average Bonchev–Trinajstić information content (AvgIpc) is 2.47. The van der Waals surface area contributed by atoms with Crippen molar-refractivity contribution in [3.63, 3.8) is 0 Å². The third-order valence-corrected chi connectivity index (χ3v) is 4.14. The van der Waals surface area contributed by atoms with Crippen LogP contribution in [0.4, 0.5) is 8.78 Å². The van der Waals surface area contributed by atoms with Gasteiger partial charge < -0.3 is 5.73 Å². The predicted molar refractivity (Wildman–Crippen MR) is 85.2 cm³/mol. The number of halogens is 3. The molecule has 4 heteroatoms. The zero-order chi connectivity index (χ0) is 15.4. The average molecular weight is 354 g/mol. The van der Waals surface area contributed by atoms with E-state index in [9.17, 15) is 8.78 Å². The quantitative estimate of drug-likeness (QED) is 0.784. The minimum atomic E-state index is -0.555. The molecule has 0 aliphatic carbocycles. The van der Waals surface area contributed by atoms with Crippen LogP contribution >= 0.6 is 15.9 Å². The molecule has 112 valence electrons. The molecule has 0 aromatic heterocycles. The molecule has 0 saturated carbocycles. The third kappa shape index (κ3) is 4.35. The highest BCUT2D eigenvalue weighted by Crippen LogP contribution is 2.23. The summed E-state index contributed by atoms with van der Waals surface area (Å²) in [6.07, 6.45) is 1.69. The number of aryl methyl sites for hydroxylation is 2. The molecule has 21 heavy (non-hydrogen) atoms. The van der Waals surface area contributed by atoms with Crippen molar-refractivity contribution in [1.29, 1.82) is 0 Å². The van der Waals surface area contributed by atoms with Crippen molar-refractivity contribution in [2.24, 2.45) is 5.73 Å². The molecule has 0 bridgehead atoms. The SMILES string of the molecule is Cc1ccc(CCC(N)Cc2c(F)ccc(Br)c2F)cc1. The first kappa shape index (κ1) is 16.1. The second-order valence-corrected chi connectivity index (χ2v) is 6.16. The van der Waals surface area contributed by atoms with Crippen LogP contribution in [0.25, 0.3) is 0 Å². The van der Waals surface area contributed by atoms with Crippen LogP contribution in [0.15, 0.2) is 40.9 Å². The minimum Gasteiger partial charge on any atom is -0.327 e. The lowest BCUT2D eigenvalue weighted by atomic mass is 9.99. The second kappa shape index (κ2) is 7.14. The van der Waals surface area contributed by atoms with Crippen LogP contribution in [-0.2, 0) is 12.8 Å². The fraction of sp³-hybridized carbons (Fsp3) is 0.294. The first-order chi connectivity index (χ1) is 9.97. The van der Waals surface area contributed by atoms with Crippen LogP contribution in [0.1, 0.15) is 23.1 Å². The van der Waals surface area contributed by atoms with Crippen LogP contribution in [-0.4, -0.2) is 6.04 Å². The Labute approximate surface area is 132 Å². The van der Waals surface area contributed by atoms with Crippen molar-refractivity contribution in [2.45, 2.75) is 32.2 Å². The highest BCUT2D eigenvalue weighted by Gasteiger charge is 2.15. The van der Waals surface area contributed by atoms with Gasteiger partial charge in [0.1, 0.15) is 11.6 Å². The molecule has 2 aromatic rings. The Hall–Kier alpha value is -1.26. The number of hydrogen-bond acceptors (Lipinski definition) is 1. The molecule has 2 N–H and O–H groups in total. The Kier molecular flexibility index (Phi) is 5.48. The molecule has 1 nitrogen and oxygen atoms in total. The van der Waals surface area contributed by atoms with Gasteiger partial charge in [-0.2, -0.15) is 0 Å². The number of nitrogens with two attached hydrogens (primary N) is 1. The number of benzene rings is 2. The molecule has 0 aliphatic rings. The summed E-state index contributed by atoms with van der Waals surface area (Å²) in [5, 5.41) is 0. The first-order valence-electron chi connectivity index (χ1n) is 6.91. The van der Waals surface area contributed by atoms with Gasteiger partial charge in [-0.25, -0.2) is 8.78 Å². The Morgan fingerprint density at radius 2 is 1.76 bits per heavy atom. The summed E-state index contributed by atoms with van der Waals surface area (Å²) in [6, 6.07) is 10.6. The number of rotatable bonds is 5. The summed E-state index contributed by atoms with van der Waals surface area (Å²) in [4.78, 5) is 0. The Balaban J connectivity index is 1.97. The maximum absolute atomic E-state index is 13.9. The van der Waals surface area contributed by atoms with Gasteiger partial charge in [-0.1, -0.05) is 29.8 Å². The molecule has 1 atom stereocenters. The normalized spacial score (nSPS) is 12.4. The topological polar surface area (TPSA) is 26.0 Å². The van der Waals surface area contributed by atoms with Gasteiger partial charge in [-0.3, -0.25) is 0 Å². The van der Waals surface area contributed by atoms with E-state index in [1.165, 1.54) is 23.3 Å². The summed E-state index contributed by atoms with van der Waals surface area (Å²) >= 11 is 3.07. The lowest BCUT2D eigenvalue weighted by Gasteiger charge is -2.13. The molecule has 0 heterocycles. The highest BCUT2D eigenvalue weighted by molar-refractivity contribution is 9.10. The van der Waals surface area contributed by atoms with E-state index in [0.29, 0.717) is 6.42 Å². The Bertz CT molecular complexity index is 611. The van der Waals surface area contributed by atoms with E-state index < -0.39 is 11.6 Å². The number of hydrogen-bond donors (Lipinski definition) is 1. The first-order valence-corrected chi connectivity index (χ1v) is 7.70. The Morgan fingerprint density at radius 1 is 1.10 bits per heavy atom. The van der Waals surface area contributed by atoms with E-state index in [-0.39, 0.29) is 22.5 Å². The van der Waals surface area contributed by atoms with Gasteiger partial charge >= 0.3 is 0 Å². The molecule has 0 aliphatic heterocycles. The van der Waals surface area contributed by atoms with Crippen LogP contribution in [0, 0.1) is 18.6 Å². The van der Waals surface area contributed by atoms with E-state index in [2.05, 4.69) is 40.2 Å². The second-order valence-electron chi connectivity index (χ2n) is 5.31. The summed E-state index contributed by atoms with van der Waals surface area (Å²) in [5.74, 6) is -1.10. The molecule has 0 amide bonds. The van der Waals surface area contributed by atoms with Crippen molar-refractivity contribution in [3.05, 3.63) is 69.2 Å². The van der Waals surface area contributed by atoms with Crippen molar-refractivity contribution in [3.8, 4) is 0 Å². The van der Waals surface area contributed by atoms with Crippen LogP contribution in [0.3, 0.4) is 0 Å². The molecule has 1 unspecified atom stereocenters. The molecule has 0 radical (unpaired) electrons. The molecule has 0 fully saturated rings. The van der Waals surface area contributed by atoms with Gasteiger partial charge in [0.25, 0.3) is 0 Å². The van der Waals surface area contributed by atoms with Crippen molar-refractivity contribution in [1.82, 2.24) is 0 Å². The zero-order valence-corrected chi connectivity index (χ0v) is 13.5. The zero-order valence-electron chi connectivity index (χ0n) is 11.9. The predicted octanol–water partition coefficient (Wildman–Crippen LogP) is 4.54. The summed E-state index contributed by atoms with van der Waals surface area (Å²) in [6.45, 7) is 2.04. The van der Waals surface area contributed by atoms with Gasteiger partial charge in [0.2, 0.25) is 0 Å². The van der Waals surface area contributed by atoms with E-state index in [1.807, 2.05) is 6.92 Å². The van der Waals surface area contributed by atoms with Crippen molar-refractivity contribution >= 4 is 15.9 Å². The van der Waals surface area contributed by atoms with Crippen molar-refractivity contribution < 1.29 is 8.78 Å². The van der Waals surface area contributed by atoms with Gasteiger partial charge in [0, 0.05) is 11.6 Å². The fourth-order valence-electron chi connectivity index (χ4n) is 2.23. The van der Waals surface area contributed by atoms with Crippen molar-refractivity contribution in [2.75, 3.05) is 0 Å². The lowest BCUT2D eigenvalue weighted by molar-refractivity contribution is 0.520. The molecule has 0 saturated heterocycles. The molecule has 0 spiro atoms. The molecule has 2 aromatic carbocycles. The summed E-state index contributed by atoms with van der Waals surface area (Å²) in [7, 11) is 0. The monoisotopic (exact) mass is 353 g/mol. The third-order valence-electron chi connectivity index (χ3n) is 3.53. The van der Waals surface area contributed by atoms with Gasteiger partial charge in [0.05, 0.1) is 4.47 Å². The smallest absolute Gasteiger partial charge is 0.143 e. The van der Waals surface area contributed by atoms with E-state index >= 15 is 0 Å². The van der Waals surface area contributed by atoms with Crippen LogP contribution in [0.5, 0.6) is 0 Å². The minimum absolute atomic E-state index is 0.0563. The van der Waals surface area contributed by atoms with E-state index in [0.717, 1.165) is 6.42 Å². The van der Waals surface area contributed by atoms with Crippen LogP contribution < -0.4 is 5.73 Å². The maximum Gasteiger partial charge on any atom is 0.143 e. The van der Waals surface area contributed by atoms with Gasteiger partial charge in [-0.05, 0) is 59.8 Å². The van der Waals surface area contributed by atoms with E-state index in [4.69, 9.17) is 5.73 Å². The Morgan fingerprint density at radius 3 is 2.43 bits per heavy atom. The van der Waals surface area contributed by atoms with E-state index in [1.54, 1.807) is 0 Å². The van der Waals surface area contributed by atoms with Gasteiger partial charge in [0.15, 0.2) is 0 Å². The van der Waals surface area contributed by atoms with Crippen LogP contribution in [0.2, 0.25) is 0 Å². The largest absolute Gasteiger partial charge is 0.327 e. The van der Waals surface area contributed by atoms with Gasteiger partial charge in [-0.15, -0.1) is 0 Å². The summed E-state index contributed by atoms with van der Waals surface area (Å²) < 4.78 is 27.8. The lowest BCUT2D eigenvalue weighted by Crippen LogP contribution is -2.24.